The number of carbonyl (C=O) groups is 1. The van der Waals surface area contributed by atoms with Crippen LogP contribution in [0.2, 0.25) is 0 Å². The van der Waals surface area contributed by atoms with E-state index in [0.29, 0.717) is 13.0 Å². The van der Waals surface area contributed by atoms with Gasteiger partial charge >= 0.3 is 5.97 Å². The van der Waals surface area contributed by atoms with Crippen molar-refractivity contribution in [2.45, 2.75) is 69.5 Å². The van der Waals surface area contributed by atoms with E-state index in [2.05, 4.69) is 26.8 Å². The highest BCUT2D eigenvalue weighted by molar-refractivity contribution is 5.87. The Hall–Kier alpha value is -2.15. The van der Waals surface area contributed by atoms with Crippen molar-refractivity contribution in [3.63, 3.8) is 0 Å². The van der Waals surface area contributed by atoms with E-state index in [9.17, 15) is 4.79 Å². The van der Waals surface area contributed by atoms with Crippen LogP contribution in [0.15, 0.2) is 42.0 Å². The average Bonchev–Trinajstić information content (AvgIpc) is 3.69. The summed E-state index contributed by atoms with van der Waals surface area (Å²) in [5, 5.41) is 0. The molecule has 1 saturated carbocycles. The van der Waals surface area contributed by atoms with E-state index in [0.717, 1.165) is 24.2 Å². The predicted octanol–water partition coefficient (Wildman–Crippen LogP) is 4.33. The number of hydrogen-bond acceptors (Lipinski definition) is 6. The summed E-state index contributed by atoms with van der Waals surface area (Å²) < 4.78 is 29.1. The number of benzene rings is 1. The van der Waals surface area contributed by atoms with Crippen LogP contribution >= 0.6 is 0 Å². The van der Waals surface area contributed by atoms with Crippen LogP contribution in [0.3, 0.4) is 0 Å². The van der Waals surface area contributed by atoms with Gasteiger partial charge in [-0.2, -0.15) is 0 Å². The first-order valence-electron chi connectivity index (χ1n) is 11.3. The zero-order chi connectivity index (χ0) is 22.9. The molecule has 4 rings (SSSR count). The quantitative estimate of drug-likeness (QED) is 0.258. The molecular formula is C26H34O6. The van der Waals surface area contributed by atoms with Crippen molar-refractivity contribution < 1.29 is 28.5 Å². The summed E-state index contributed by atoms with van der Waals surface area (Å²) in [4.78, 5) is 12.6. The van der Waals surface area contributed by atoms with E-state index in [1.807, 2.05) is 24.3 Å². The van der Waals surface area contributed by atoms with Crippen LogP contribution < -0.4 is 4.74 Å². The number of hydrogen-bond donors (Lipinski definition) is 0. The standard InChI is InChI=1S/C26H34O6/c1-17(2)6-12-21-25(3,32-21)24-23(29-5)20(14-15-26(24)16-30-26)31-22(27)13-9-18-7-10-19(28-4)11-8-18/h6-11,13,20-21,23-24H,12,14-16H2,1-5H3/b13-9+. The molecule has 1 aromatic carbocycles. The molecule has 3 aliphatic rings. The Labute approximate surface area is 190 Å². The summed E-state index contributed by atoms with van der Waals surface area (Å²) in [6.07, 6.45) is 7.37. The summed E-state index contributed by atoms with van der Waals surface area (Å²) >= 11 is 0. The molecule has 174 valence electrons. The SMILES string of the molecule is COc1ccc(/C=C/C(=O)OC2CCC3(CO3)C(C3(C)OC3CC=C(C)C)C2OC)cc1. The third-order valence-electron chi connectivity index (χ3n) is 7.03. The molecule has 1 spiro atoms. The van der Waals surface area contributed by atoms with Gasteiger partial charge in [-0.1, -0.05) is 23.8 Å². The maximum atomic E-state index is 12.6. The fourth-order valence-electron chi connectivity index (χ4n) is 5.14. The maximum absolute atomic E-state index is 12.6. The molecule has 6 atom stereocenters. The van der Waals surface area contributed by atoms with Crippen LogP contribution in [0, 0.1) is 5.92 Å². The Bertz CT molecular complexity index is 880. The molecule has 0 aromatic heterocycles. The molecule has 6 nitrogen and oxygen atoms in total. The number of methoxy groups -OCH3 is 2. The minimum Gasteiger partial charge on any atom is -0.497 e. The van der Waals surface area contributed by atoms with Crippen LogP contribution in [0.5, 0.6) is 5.75 Å². The van der Waals surface area contributed by atoms with Crippen molar-refractivity contribution in [2.24, 2.45) is 5.92 Å². The van der Waals surface area contributed by atoms with Gasteiger partial charge in [-0.3, -0.25) is 0 Å². The van der Waals surface area contributed by atoms with E-state index in [1.165, 1.54) is 11.6 Å². The van der Waals surface area contributed by atoms with Gasteiger partial charge in [0.15, 0.2) is 0 Å². The lowest BCUT2D eigenvalue weighted by Gasteiger charge is -2.42. The second-order valence-corrected chi connectivity index (χ2v) is 9.46. The van der Waals surface area contributed by atoms with Crippen LogP contribution in [-0.4, -0.2) is 56.3 Å². The Balaban J connectivity index is 1.43. The second kappa shape index (κ2) is 9.00. The molecule has 2 aliphatic heterocycles. The van der Waals surface area contributed by atoms with Gasteiger partial charge in [-0.15, -0.1) is 0 Å². The number of rotatable bonds is 8. The summed E-state index contributed by atoms with van der Waals surface area (Å²) in [5.74, 6) is 0.422. The molecule has 2 heterocycles. The van der Waals surface area contributed by atoms with Gasteiger partial charge in [0.1, 0.15) is 29.2 Å². The van der Waals surface area contributed by atoms with E-state index in [1.54, 1.807) is 20.3 Å². The molecule has 1 aromatic rings. The zero-order valence-corrected chi connectivity index (χ0v) is 19.6. The first-order valence-corrected chi connectivity index (χ1v) is 11.3. The third kappa shape index (κ3) is 4.63. The van der Waals surface area contributed by atoms with E-state index >= 15 is 0 Å². The molecule has 6 unspecified atom stereocenters. The van der Waals surface area contributed by atoms with Crippen LogP contribution in [0.1, 0.15) is 45.6 Å². The molecule has 32 heavy (non-hydrogen) atoms. The van der Waals surface area contributed by atoms with Crippen molar-refractivity contribution in [1.29, 1.82) is 0 Å². The van der Waals surface area contributed by atoms with E-state index < -0.39 is 0 Å². The molecule has 0 N–H and O–H groups in total. The number of carbonyl (C=O) groups excluding carboxylic acids is 1. The number of esters is 1. The molecule has 1 aliphatic carbocycles. The van der Waals surface area contributed by atoms with Crippen molar-refractivity contribution in [1.82, 2.24) is 0 Å². The van der Waals surface area contributed by atoms with Gasteiger partial charge in [0, 0.05) is 13.2 Å². The van der Waals surface area contributed by atoms with Crippen molar-refractivity contribution in [3.8, 4) is 5.75 Å². The van der Waals surface area contributed by atoms with Crippen LogP contribution in [0.4, 0.5) is 0 Å². The molecule has 0 radical (unpaired) electrons. The predicted molar refractivity (Wildman–Crippen MR) is 121 cm³/mol. The van der Waals surface area contributed by atoms with Gasteiger partial charge in [0.2, 0.25) is 0 Å². The topological polar surface area (TPSA) is 69.8 Å². The van der Waals surface area contributed by atoms with E-state index in [4.69, 9.17) is 23.7 Å². The minimum atomic E-state index is -0.373. The lowest BCUT2D eigenvalue weighted by Crippen LogP contribution is -2.55. The molecule has 2 saturated heterocycles. The number of allylic oxidation sites excluding steroid dienone is 1. The second-order valence-electron chi connectivity index (χ2n) is 9.46. The maximum Gasteiger partial charge on any atom is 0.331 e. The molecular weight excluding hydrogens is 408 g/mol. The largest absolute Gasteiger partial charge is 0.497 e. The number of ether oxygens (including phenoxy) is 5. The third-order valence-corrected chi connectivity index (χ3v) is 7.03. The molecule has 0 amide bonds. The van der Waals surface area contributed by atoms with E-state index in [-0.39, 0.29) is 41.4 Å². The molecule has 6 heteroatoms. The van der Waals surface area contributed by atoms with Gasteiger partial charge in [-0.05, 0) is 63.8 Å². The van der Waals surface area contributed by atoms with Crippen molar-refractivity contribution >= 4 is 12.0 Å². The van der Waals surface area contributed by atoms with Gasteiger partial charge in [-0.25, -0.2) is 4.79 Å². The van der Waals surface area contributed by atoms with Crippen molar-refractivity contribution in [3.05, 3.63) is 47.6 Å². The monoisotopic (exact) mass is 442 g/mol. The van der Waals surface area contributed by atoms with Gasteiger partial charge in [0.25, 0.3) is 0 Å². The van der Waals surface area contributed by atoms with Gasteiger partial charge in [0.05, 0.1) is 25.7 Å². The fourth-order valence-corrected chi connectivity index (χ4v) is 5.14. The van der Waals surface area contributed by atoms with Crippen molar-refractivity contribution in [2.75, 3.05) is 20.8 Å². The Morgan fingerprint density at radius 1 is 1.22 bits per heavy atom. The number of epoxide rings is 2. The fraction of sp³-hybridized carbons (Fsp3) is 0.577. The molecule has 0 bridgehead atoms. The minimum absolute atomic E-state index is 0.0210. The highest BCUT2D eigenvalue weighted by Gasteiger charge is 2.72. The normalized spacial score (nSPS) is 35.5. The first kappa shape index (κ1) is 23.0. The van der Waals surface area contributed by atoms with Crippen LogP contribution in [-0.2, 0) is 23.7 Å². The average molecular weight is 443 g/mol. The summed E-state index contributed by atoms with van der Waals surface area (Å²) in [6, 6.07) is 7.50. The highest BCUT2D eigenvalue weighted by atomic mass is 16.6. The summed E-state index contributed by atoms with van der Waals surface area (Å²) in [7, 11) is 3.31. The summed E-state index contributed by atoms with van der Waals surface area (Å²) in [6.45, 7) is 7.05. The highest BCUT2D eigenvalue weighted by Crippen LogP contribution is 2.59. The lowest BCUT2D eigenvalue weighted by atomic mass is 9.68. The molecule has 3 fully saturated rings. The summed E-state index contributed by atoms with van der Waals surface area (Å²) in [5.41, 5.74) is 1.62. The first-order chi connectivity index (χ1) is 15.3. The van der Waals surface area contributed by atoms with Gasteiger partial charge < -0.3 is 23.7 Å². The Morgan fingerprint density at radius 2 is 1.94 bits per heavy atom. The van der Waals surface area contributed by atoms with Crippen LogP contribution in [0.25, 0.3) is 6.08 Å². The Kier molecular flexibility index (Phi) is 6.48. The Morgan fingerprint density at radius 3 is 2.53 bits per heavy atom. The zero-order valence-electron chi connectivity index (χ0n) is 19.6. The smallest absolute Gasteiger partial charge is 0.331 e. The lowest BCUT2D eigenvalue weighted by molar-refractivity contribution is -0.166.